The van der Waals surface area contributed by atoms with Crippen LogP contribution in [0.5, 0.6) is 11.5 Å². The molecule has 1 aliphatic rings. The van der Waals surface area contributed by atoms with Gasteiger partial charge in [0.1, 0.15) is 6.61 Å². The van der Waals surface area contributed by atoms with Gasteiger partial charge in [0, 0.05) is 6.04 Å². The van der Waals surface area contributed by atoms with E-state index in [0.29, 0.717) is 17.4 Å². The van der Waals surface area contributed by atoms with Gasteiger partial charge in [0.15, 0.2) is 17.6 Å². The molecular formula is C15H18ClN3O2. The van der Waals surface area contributed by atoms with Crippen molar-refractivity contribution in [1.29, 1.82) is 0 Å². The van der Waals surface area contributed by atoms with E-state index in [4.69, 9.17) is 26.8 Å². The van der Waals surface area contributed by atoms with Crippen molar-refractivity contribution >= 4 is 11.6 Å². The van der Waals surface area contributed by atoms with E-state index < -0.39 is 6.04 Å². The third kappa shape index (κ3) is 2.59. The number of para-hydroxylation sites is 2. The molecule has 2 unspecified atom stereocenters. The van der Waals surface area contributed by atoms with Gasteiger partial charge in [0.2, 0.25) is 0 Å². The number of nitrogens with zero attached hydrogens (tertiary/aromatic N) is 2. The van der Waals surface area contributed by atoms with Crippen molar-refractivity contribution in [2.45, 2.75) is 32.0 Å². The Bertz CT molecular complexity index is 642. The molecule has 1 aliphatic heterocycles. The van der Waals surface area contributed by atoms with Crippen molar-refractivity contribution in [3.8, 4) is 11.5 Å². The van der Waals surface area contributed by atoms with Crippen LogP contribution in [0, 0.1) is 0 Å². The second-order valence-corrected chi connectivity index (χ2v) is 5.76. The fourth-order valence-electron chi connectivity index (χ4n) is 2.46. The van der Waals surface area contributed by atoms with Gasteiger partial charge in [-0.25, -0.2) is 0 Å². The summed E-state index contributed by atoms with van der Waals surface area (Å²) in [4.78, 5) is 0. The van der Waals surface area contributed by atoms with Crippen LogP contribution in [0.3, 0.4) is 0 Å². The van der Waals surface area contributed by atoms with Gasteiger partial charge in [-0.05, 0) is 26.0 Å². The van der Waals surface area contributed by atoms with E-state index in [1.165, 1.54) is 0 Å². The molecule has 6 heteroatoms. The van der Waals surface area contributed by atoms with Crippen LogP contribution in [0.4, 0.5) is 0 Å². The summed E-state index contributed by atoms with van der Waals surface area (Å²) in [5, 5.41) is 4.84. The summed E-state index contributed by atoms with van der Waals surface area (Å²) in [5.41, 5.74) is 7.14. The average Bonchev–Trinajstić information content (AvgIpc) is 2.88. The van der Waals surface area contributed by atoms with E-state index in [2.05, 4.69) is 5.10 Å². The molecule has 3 rings (SSSR count). The van der Waals surface area contributed by atoms with E-state index in [1.54, 1.807) is 6.20 Å². The van der Waals surface area contributed by atoms with Crippen LogP contribution in [0.1, 0.15) is 31.6 Å². The summed E-state index contributed by atoms with van der Waals surface area (Å²) in [6.45, 7) is 4.46. The van der Waals surface area contributed by atoms with Gasteiger partial charge < -0.3 is 15.2 Å². The number of hydrogen-bond donors (Lipinski definition) is 1. The summed E-state index contributed by atoms with van der Waals surface area (Å²) in [7, 11) is 0. The summed E-state index contributed by atoms with van der Waals surface area (Å²) >= 11 is 6.24. The number of halogens is 1. The van der Waals surface area contributed by atoms with Crippen LogP contribution in [0.15, 0.2) is 30.5 Å². The van der Waals surface area contributed by atoms with Crippen molar-refractivity contribution in [2.75, 3.05) is 6.61 Å². The number of rotatable bonds is 3. The number of ether oxygens (including phenoxy) is 2. The van der Waals surface area contributed by atoms with Crippen molar-refractivity contribution in [1.82, 2.24) is 9.78 Å². The number of fused-ring (bicyclic) bond motifs is 1. The Morgan fingerprint density at radius 2 is 2.05 bits per heavy atom. The van der Waals surface area contributed by atoms with Gasteiger partial charge in [-0.1, -0.05) is 23.7 Å². The number of hydrogen-bond acceptors (Lipinski definition) is 4. The van der Waals surface area contributed by atoms with Gasteiger partial charge in [-0.15, -0.1) is 0 Å². The van der Waals surface area contributed by atoms with Crippen LogP contribution < -0.4 is 15.2 Å². The monoisotopic (exact) mass is 307 g/mol. The highest BCUT2D eigenvalue weighted by molar-refractivity contribution is 6.31. The van der Waals surface area contributed by atoms with Crippen molar-refractivity contribution < 1.29 is 9.47 Å². The molecule has 2 atom stereocenters. The average molecular weight is 308 g/mol. The Morgan fingerprint density at radius 1 is 1.33 bits per heavy atom. The van der Waals surface area contributed by atoms with Crippen LogP contribution in [0.2, 0.25) is 5.02 Å². The lowest BCUT2D eigenvalue weighted by Crippen LogP contribution is -2.40. The zero-order valence-electron chi connectivity index (χ0n) is 12.0. The molecule has 2 aromatic rings. The molecule has 1 aromatic carbocycles. The Labute approximate surface area is 128 Å². The molecule has 2 N–H and O–H groups in total. The summed E-state index contributed by atoms with van der Waals surface area (Å²) in [6, 6.07) is 7.33. The lowest BCUT2D eigenvalue weighted by atomic mass is 10.1. The standard InChI is InChI=1S/C15H18ClN3O2/c1-9(2)19-15(10(16)7-18-19)14(17)13-8-20-11-5-3-4-6-12(11)21-13/h3-7,9,13-14H,8,17H2,1-2H3. The molecule has 0 radical (unpaired) electrons. The fraction of sp³-hybridized carbons (Fsp3) is 0.400. The Balaban J connectivity index is 1.87. The quantitative estimate of drug-likeness (QED) is 0.947. The smallest absolute Gasteiger partial charge is 0.161 e. The minimum Gasteiger partial charge on any atom is -0.486 e. The van der Waals surface area contributed by atoms with Gasteiger partial charge in [-0.3, -0.25) is 4.68 Å². The molecule has 0 amide bonds. The minimum absolute atomic E-state index is 0.176. The first-order valence-electron chi connectivity index (χ1n) is 6.95. The predicted octanol–water partition coefficient (Wildman–Crippen LogP) is 2.96. The number of benzene rings is 1. The maximum absolute atomic E-state index is 6.36. The second kappa shape index (κ2) is 5.58. The second-order valence-electron chi connectivity index (χ2n) is 5.36. The van der Waals surface area contributed by atoms with Crippen LogP contribution >= 0.6 is 11.6 Å². The van der Waals surface area contributed by atoms with Crippen molar-refractivity contribution in [2.24, 2.45) is 5.73 Å². The highest BCUT2D eigenvalue weighted by Gasteiger charge is 2.31. The lowest BCUT2D eigenvalue weighted by Gasteiger charge is -2.31. The molecule has 0 spiro atoms. The molecular weight excluding hydrogens is 290 g/mol. The molecule has 0 saturated heterocycles. The first kappa shape index (κ1) is 14.2. The van der Waals surface area contributed by atoms with Crippen LogP contribution in [0.25, 0.3) is 0 Å². The third-order valence-electron chi connectivity index (χ3n) is 3.52. The summed E-state index contributed by atoms with van der Waals surface area (Å²) < 4.78 is 13.5. The number of nitrogens with two attached hydrogens (primary N) is 1. The van der Waals surface area contributed by atoms with E-state index in [9.17, 15) is 0 Å². The zero-order valence-corrected chi connectivity index (χ0v) is 12.7. The molecule has 0 bridgehead atoms. The maximum atomic E-state index is 6.36. The highest BCUT2D eigenvalue weighted by Crippen LogP contribution is 2.35. The van der Waals surface area contributed by atoms with Gasteiger partial charge in [0.25, 0.3) is 0 Å². The first-order valence-corrected chi connectivity index (χ1v) is 7.32. The van der Waals surface area contributed by atoms with E-state index in [1.807, 2.05) is 42.8 Å². The van der Waals surface area contributed by atoms with Gasteiger partial charge in [0.05, 0.1) is 23.0 Å². The van der Waals surface area contributed by atoms with Gasteiger partial charge in [-0.2, -0.15) is 5.10 Å². The lowest BCUT2D eigenvalue weighted by molar-refractivity contribution is 0.0696. The van der Waals surface area contributed by atoms with Gasteiger partial charge >= 0.3 is 0 Å². The molecule has 2 heterocycles. The molecule has 0 saturated carbocycles. The molecule has 0 aliphatic carbocycles. The van der Waals surface area contributed by atoms with Crippen LogP contribution in [-0.2, 0) is 0 Å². The third-order valence-corrected chi connectivity index (χ3v) is 3.81. The Morgan fingerprint density at radius 3 is 2.76 bits per heavy atom. The highest BCUT2D eigenvalue weighted by atomic mass is 35.5. The Hall–Kier alpha value is -1.72. The summed E-state index contributed by atoms with van der Waals surface area (Å²) in [6.07, 6.45) is 1.32. The first-order chi connectivity index (χ1) is 10.1. The molecule has 0 fully saturated rings. The Kier molecular flexibility index (Phi) is 3.78. The van der Waals surface area contributed by atoms with E-state index >= 15 is 0 Å². The fourth-order valence-corrected chi connectivity index (χ4v) is 2.72. The SMILES string of the molecule is CC(C)n1ncc(Cl)c1C(N)C1COc2ccccc2O1. The largest absolute Gasteiger partial charge is 0.486 e. The number of aromatic nitrogens is 2. The van der Waals surface area contributed by atoms with E-state index in [-0.39, 0.29) is 12.1 Å². The van der Waals surface area contributed by atoms with Crippen molar-refractivity contribution in [3.05, 3.63) is 41.2 Å². The van der Waals surface area contributed by atoms with E-state index in [0.717, 1.165) is 11.4 Å². The molecule has 112 valence electrons. The normalized spacial score (nSPS) is 18.8. The molecule has 5 nitrogen and oxygen atoms in total. The molecule has 21 heavy (non-hydrogen) atoms. The zero-order chi connectivity index (χ0) is 15.0. The predicted molar refractivity (Wildman–Crippen MR) is 80.9 cm³/mol. The van der Waals surface area contributed by atoms with Crippen molar-refractivity contribution in [3.63, 3.8) is 0 Å². The minimum atomic E-state index is -0.407. The topological polar surface area (TPSA) is 62.3 Å². The maximum Gasteiger partial charge on any atom is 0.161 e. The van der Waals surface area contributed by atoms with Crippen LogP contribution in [-0.4, -0.2) is 22.5 Å². The summed E-state index contributed by atoms with van der Waals surface area (Å²) in [5.74, 6) is 1.44. The molecule has 1 aromatic heterocycles.